The van der Waals surface area contributed by atoms with E-state index in [1.165, 1.54) is 12.1 Å². The molecule has 98 valence electrons. The first-order valence-electron chi connectivity index (χ1n) is 6.27. The van der Waals surface area contributed by atoms with E-state index >= 15 is 0 Å². The number of aromatic nitrogens is 1. The smallest absolute Gasteiger partial charge is 0.127 e. The van der Waals surface area contributed by atoms with Gasteiger partial charge in [0.05, 0.1) is 0 Å². The number of fused-ring (bicyclic) bond motifs is 1. The summed E-state index contributed by atoms with van der Waals surface area (Å²) in [5, 5.41) is 0. The molecule has 0 radical (unpaired) electrons. The van der Waals surface area contributed by atoms with Gasteiger partial charge in [0.1, 0.15) is 17.7 Å². The van der Waals surface area contributed by atoms with Gasteiger partial charge < -0.3 is 10.5 Å². The van der Waals surface area contributed by atoms with Crippen LogP contribution in [0.2, 0.25) is 0 Å². The van der Waals surface area contributed by atoms with E-state index in [9.17, 15) is 4.39 Å². The van der Waals surface area contributed by atoms with Gasteiger partial charge in [0.15, 0.2) is 0 Å². The Labute approximate surface area is 111 Å². The zero-order chi connectivity index (χ0) is 13.4. The summed E-state index contributed by atoms with van der Waals surface area (Å²) in [6, 6.07) is 6.30. The molecule has 19 heavy (non-hydrogen) atoms. The molecule has 3 nitrogen and oxygen atoms in total. The van der Waals surface area contributed by atoms with Crippen molar-refractivity contribution in [3.63, 3.8) is 0 Å². The monoisotopic (exact) mass is 258 g/mol. The van der Waals surface area contributed by atoms with Crippen LogP contribution in [0.1, 0.15) is 35.3 Å². The summed E-state index contributed by atoms with van der Waals surface area (Å²) in [5.74, 6) is 0.224. The SMILES string of the molecule is Cc1ccncc1C1CC(N)c2ccc(F)cc2O1. The summed E-state index contributed by atoms with van der Waals surface area (Å²) >= 11 is 0. The number of nitrogens with zero attached hydrogens (tertiary/aromatic N) is 1. The molecule has 0 saturated carbocycles. The highest BCUT2D eigenvalue weighted by Crippen LogP contribution is 2.40. The van der Waals surface area contributed by atoms with Gasteiger partial charge in [0.25, 0.3) is 0 Å². The zero-order valence-corrected chi connectivity index (χ0v) is 10.6. The molecule has 2 N–H and O–H groups in total. The van der Waals surface area contributed by atoms with E-state index < -0.39 is 0 Å². The molecule has 2 atom stereocenters. The van der Waals surface area contributed by atoms with Crippen LogP contribution in [0.25, 0.3) is 0 Å². The second-order valence-electron chi connectivity index (χ2n) is 4.86. The standard InChI is InChI=1S/C15H15FN2O/c1-9-4-5-18-8-12(9)15-7-13(17)11-3-2-10(16)6-14(11)19-15/h2-6,8,13,15H,7,17H2,1H3. The number of aryl methyl sites for hydroxylation is 1. The third-order valence-electron chi connectivity index (χ3n) is 3.54. The van der Waals surface area contributed by atoms with Crippen LogP contribution in [-0.4, -0.2) is 4.98 Å². The van der Waals surface area contributed by atoms with Crippen molar-refractivity contribution in [2.24, 2.45) is 5.73 Å². The molecule has 1 aliphatic heterocycles. The largest absolute Gasteiger partial charge is 0.485 e. The molecular weight excluding hydrogens is 243 g/mol. The lowest BCUT2D eigenvalue weighted by Crippen LogP contribution is -2.24. The summed E-state index contributed by atoms with van der Waals surface area (Å²) in [4.78, 5) is 4.12. The predicted octanol–water partition coefficient (Wildman–Crippen LogP) is 3.05. The van der Waals surface area contributed by atoms with Crippen LogP contribution < -0.4 is 10.5 Å². The van der Waals surface area contributed by atoms with E-state index in [-0.39, 0.29) is 18.0 Å². The van der Waals surface area contributed by atoms with Crippen molar-refractivity contribution < 1.29 is 9.13 Å². The van der Waals surface area contributed by atoms with Crippen molar-refractivity contribution in [3.05, 3.63) is 59.2 Å². The molecule has 2 unspecified atom stereocenters. The number of ether oxygens (including phenoxy) is 1. The van der Waals surface area contributed by atoms with Gasteiger partial charge in [0, 0.05) is 42.0 Å². The summed E-state index contributed by atoms with van der Waals surface area (Å²) in [5.41, 5.74) is 9.12. The molecule has 0 fully saturated rings. The summed E-state index contributed by atoms with van der Waals surface area (Å²) in [6.07, 6.45) is 4.04. The fourth-order valence-corrected chi connectivity index (χ4v) is 2.48. The maximum atomic E-state index is 13.3. The Morgan fingerprint density at radius 3 is 2.95 bits per heavy atom. The summed E-state index contributed by atoms with van der Waals surface area (Å²) in [7, 11) is 0. The van der Waals surface area contributed by atoms with E-state index in [0.717, 1.165) is 16.7 Å². The van der Waals surface area contributed by atoms with Gasteiger partial charge in [-0.25, -0.2) is 4.39 Å². The summed E-state index contributed by atoms with van der Waals surface area (Å²) < 4.78 is 19.2. The van der Waals surface area contributed by atoms with Gasteiger partial charge in [-0.1, -0.05) is 6.07 Å². The first-order chi connectivity index (χ1) is 9.15. The number of pyridine rings is 1. The molecule has 0 aliphatic carbocycles. The minimum atomic E-state index is -0.311. The van der Waals surface area contributed by atoms with Crippen LogP contribution in [0, 0.1) is 12.7 Å². The van der Waals surface area contributed by atoms with E-state index in [4.69, 9.17) is 10.5 Å². The van der Waals surface area contributed by atoms with Crippen molar-refractivity contribution >= 4 is 0 Å². The van der Waals surface area contributed by atoms with Crippen LogP contribution in [0.4, 0.5) is 4.39 Å². The maximum absolute atomic E-state index is 13.3. The molecule has 4 heteroatoms. The Hall–Kier alpha value is -1.94. The molecule has 0 amide bonds. The van der Waals surface area contributed by atoms with Crippen molar-refractivity contribution in [1.29, 1.82) is 0 Å². The van der Waals surface area contributed by atoms with Crippen molar-refractivity contribution in [2.75, 3.05) is 0 Å². The summed E-state index contributed by atoms with van der Waals surface area (Å²) in [6.45, 7) is 2.01. The lowest BCUT2D eigenvalue weighted by atomic mass is 9.92. The topological polar surface area (TPSA) is 48.1 Å². The van der Waals surface area contributed by atoms with E-state index in [2.05, 4.69) is 4.98 Å². The minimum Gasteiger partial charge on any atom is -0.485 e. The fourth-order valence-electron chi connectivity index (χ4n) is 2.48. The van der Waals surface area contributed by atoms with E-state index in [1.54, 1.807) is 18.5 Å². The van der Waals surface area contributed by atoms with Crippen LogP contribution in [-0.2, 0) is 0 Å². The number of benzene rings is 1. The van der Waals surface area contributed by atoms with Crippen LogP contribution in [0.3, 0.4) is 0 Å². The normalized spacial score (nSPS) is 21.6. The average molecular weight is 258 g/mol. The second kappa shape index (κ2) is 4.63. The molecule has 0 spiro atoms. The lowest BCUT2D eigenvalue weighted by molar-refractivity contribution is 0.160. The first kappa shape index (κ1) is 12.1. The quantitative estimate of drug-likeness (QED) is 0.855. The van der Waals surface area contributed by atoms with Crippen LogP contribution >= 0.6 is 0 Å². The first-order valence-corrected chi connectivity index (χ1v) is 6.27. The average Bonchev–Trinajstić information content (AvgIpc) is 2.38. The number of halogens is 1. The maximum Gasteiger partial charge on any atom is 0.127 e. The fraction of sp³-hybridized carbons (Fsp3) is 0.267. The van der Waals surface area contributed by atoms with Gasteiger partial charge >= 0.3 is 0 Å². The Bertz CT molecular complexity index is 615. The second-order valence-corrected chi connectivity index (χ2v) is 4.86. The minimum absolute atomic E-state index is 0.144. The Morgan fingerprint density at radius 1 is 1.32 bits per heavy atom. The highest BCUT2D eigenvalue weighted by Gasteiger charge is 2.28. The van der Waals surface area contributed by atoms with Crippen molar-refractivity contribution in [2.45, 2.75) is 25.5 Å². The molecule has 1 aliphatic rings. The number of rotatable bonds is 1. The molecule has 2 aromatic rings. The van der Waals surface area contributed by atoms with E-state index in [1.807, 2.05) is 13.0 Å². The molecule has 1 aromatic heterocycles. The van der Waals surface area contributed by atoms with Crippen molar-refractivity contribution in [1.82, 2.24) is 4.98 Å². The highest BCUT2D eigenvalue weighted by atomic mass is 19.1. The number of hydrogen-bond acceptors (Lipinski definition) is 3. The number of nitrogens with two attached hydrogens (primary N) is 1. The zero-order valence-electron chi connectivity index (χ0n) is 10.6. The molecule has 3 rings (SSSR count). The number of hydrogen-bond donors (Lipinski definition) is 1. The lowest BCUT2D eigenvalue weighted by Gasteiger charge is -2.31. The Balaban J connectivity index is 1.99. The van der Waals surface area contributed by atoms with Gasteiger partial charge in [0.2, 0.25) is 0 Å². The molecule has 0 saturated heterocycles. The molecule has 0 bridgehead atoms. The van der Waals surface area contributed by atoms with Crippen LogP contribution in [0.15, 0.2) is 36.7 Å². The van der Waals surface area contributed by atoms with Crippen LogP contribution in [0.5, 0.6) is 5.75 Å². The molecule has 2 heterocycles. The Kier molecular flexibility index (Phi) is 2.95. The van der Waals surface area contributed by atoms with Gasteiger partial charge in [-0.05, 0) is 24.6 Å². The van der Waals surface area contributed by atoms with E-state index in [0.29, 0.717) is 12.2 Å². The third-order valence-corrected chi connectivity index (χ3v) is 3.54. The molecular formula is C15H15FN2O. The highest BCUT2D eigenvalue weighted by molar-refractivity contribution is 5.40. The van der Waals surface area contributed by atoms with Gasteiger partial charge in [-0.15, -0.1) is 0 Å². The predicted molar refractivity (Wildman–Crippen MR) is 70.3 cm³/mol. The van der Waals surface area contributed by atoms with Crippen molar-refractivity contribution in [3.8, 4) is 5.75 Å². The Morgan fingerprint density at radius 2 is 2.16 bits per heavy atom. The van der Waals surface area contributed by atoms with Gasteiger partial charge in [-0.3, -0.25) is 4.98 Å². The molecule has 1 aromatic carbocycles. The van der Waals surface area contributed by atoms with Gasteiger partial charge in [-0.2, -0.15) is 0 Å². The third kappa shape index (κ3) is 2.19.